The van der Waals surface area contributed by atoms with Crippen LogP contribution in [0, 0.1) is 29.6 Å². The molecule has 0 spiro atoms. The van der Waals surface area contributed by atoms with Gasteiger partial charge in [0.1, 0.15) is 0 Å². The fourth-order valence-electron chi connectivity index (χ4n) is 5.08. The summed E-state index contributed by atoms with van der Waals surface area (Å²) in [6.45, 7) is 0. The summed E-state index contributed by atoms with van der Waals surface area (Å²) in [6, 6.07) is 4.37. The third kappa shape index (κ3) is 1.69. The van der Waals surface area contributed by atoms with Crippen LogP contribution in [0.2, 0.25) is 0 Å². The number of thiophene rings is 1. The van der Waals surface area contributed by atoms with Gasteiger partial charge in [-0.05, 0) is 73.1 Å². The molecule has 2 heteroatoms. The maximum Gasteiger partial charge on any atom is 0.0711 e. The third-order valence-corrected chi connectivity index (χ3v) is 7.06. The molecule has 92 valence electrons. The summed E-state index contributed by atoms with van der Waals surface area (Å²) in [5.41, 5.74) is 0. The molecule has 0 N–H and O–H groups in total. The summed E-state index contributed by atoms with van der Waals surface area (Å²) < 4.78 is 0. The summed E-state index contributed by atoms with van der Waals surface area (Å²) in [4.78, 5) is 1.41. The highest BCUT2D eigenvalue weighted by atomic mass is 35.5. The molecule has 0 saturated heterocycles. The van der Waals surface area contributed by atoms with Crippen molar-refractivity contribution in [2.24, 2.45) is 29.6 Å². The largest absolute Gasteiger partial charge is 0.147 e. The van der Waals surface area contributed by atoms with Gasteiger partial charge in [0.2, 0.25) is 0 Å². The monoisotopic (exact) mass is 266 g/mol. The normalized spacial score (nSPS) is 45.1. The van der Waals surface area contributed by atoms with Crippen LogP contribution in [-0.4, -0.2) is 0 Å². The van der Waals surface area contributed by atoms with Crippen LogP contribution in [0.4, 0.5) is 0 Å². The van der Waals surface area contributed by atoms with Crippen LogP contribution in [0.1, 0.15) is 42.4 Å². The van der Waals surface area contributed by atoms with Gasteiger partial charge in [-0.2, -0.15) is 0 Å². The van der Waals surface area contributed by atoms with Crippen LogP contribution in [0.15, 0.2) is 17.5 Å². The predicted molar refractivity (Wildman–Crippen MR) is 73.4 cm³/mol. The Kier molecular flexibility index (Phi) is 2.55. The fraction of sp³-hybridized carbons (Fsp3) is 0.733. The quantitative estimate of drug-likeness (QED) is 0.654. The summed E-state index contributed by atoms with van der Waals surface area (Å²) in [5.74, 6) is 4.77. The lowest BCUT2D eigenvalue weighted by molar-refractivity contribution is -0.0378. The van der Waals surface area contributed by atoms with Crippen molar-refractivity contribution in [3.8, 4) is 0 Å². The van der Waals surface area contributed by atoms with Crippen molar-refractivity contribution in [2.75, 3.05) is 0 Å². The Morgan fingerprint density at radius 2 is 1.71 bits per heavy atom. The van der Waals surface area contributed by atoms with Crippen LogP contribution >= 0.6 is 22.9 Å². The van der Waals surface area contributed by atoms with E-state index in [1.54, 1.807) is 0 Å². The van der Waals surface area contributed by atoms with E-state index in [1.807, 2.05) is 11.3 Å². The zero-order chi connectivity index (χ0) is 11.4. The topological polar surface area (TPSA) is 0 Å². The number of hydrogen-bond acceptors (Lipinski definition) is 1. The first-order valence-electron chi connectivity index (χ1n) is 6.98. The number of rotatable bonds is 2. The first-order valence-corrected chi connectivity index (χ1v) is 8.30. The van der Waals surface area contributed by atoms with Gasteiger partial charge in [0.05, 0.1) is 5.38 Å². The van der Waals surface area contributed by atoms with E-state index in [4.69, 9.17) is 11.6 Å². The number of alkyl halides is 1. The van der Waals surface area contributed by atoms with Crippen molar-refractivity contribution in [2.45, 2.75) is 37.5 Å². The van der Waals surface area contributed by atoms with E-state index in [0.717, 1.165) is 29.6 Å². The van der Waals surface area contributed by atoms with Crippen molar-refractivity contribution < 1.29 is 0 Å². The molecule has 4 aliphatic carbocycles. The molecule has 4 aliphatic rings. The third-order valence-electron chi connectivity index (χ3n) is 5.45. The second kappa shape index (κ2) is 3.99. The Morgan fingerprint density at radius 3 is 2.24 bits per heavy atom. The average Bonchev–Trinajstić information content (AvgIpc) is 2.80. The Bertz CT molecular complexity index is 369. The van der Waals surface area contributed by atoms with E-state index in [1.165, 1.54) is 37.0 Å². The van der Waals surface area contributed by atoms with Gasteiger partial charge in [-0.15, -0.1) is 22.9 Å². The molecule has 17 heavy (non-hydrogen) atoms. The summed E-state index contributed by atoms with van der Waals surface area (Å²) in [6.07, 6.45) is 7.45. The molecular formula is C15H19ClS. The maximum absolute atomic E-state index is 6.80. The Morgan fingerprint density at radius 1 is 1.06 bits per heavy atom. The van der Waals surface area contributed by atoms with E-state index in [-0.39, 0.29) is 0 Å². The number of halogens is 1. The molecule has 4 fully saturated rings. The highest BCUT2D eigenvalue weighted by Crippen LogP contribution is 2.60. The van der Waals surface area contributed by atoms with Gasteiger partial charge in [0.25, 0.3) is 0 Å². The second-order valence-electron chi connectivity index (χ2n) is 6.43. The van der Waals surface area contributed by atoms with Gasteiger partial charge in [-0.3, -0.25) is 0 Å². The summed E-state index contributed by atoms with van der Waals surface area (Å²) in [5, 5.41) is 2.46. The lowest BCUT2D eigenvalue weighted by Gasteiger charge is -2.55. The molecule has 4 saturated carbocycles. The minimum Gasteiger partial charge on any atom is -0.147 e. The Balaban J connectivity index is 1.62. The Labute approximate surface area is 112 Å². The van der Waals surface area contributed by atoms with Crippen LogP contribution in [-0.2, 0) is 0 Å². The minimum atomic E-state index is 0.296. The van der Waals surface area contributed by atoms with Gasteiger partial charge in [0, 0.05) is 4.88 Å². The van der Waals surface area contributed by atoms with E-state index in [2.05, 4.69) is 17.5 Å². The molecule has 4 bridgehead atoms. The van der Waals surface area contributed by atoms with Gasteiger partial charge in [0.15, 0.2) is 0 Å². The number of hydrogen-bond donors (Lipinski definition) is 0. The molecule has 0 radical (unpaired) electrons. The molecule has 1 atom stereocenters. The van der Waals surface area contributed by atoms with Gasteiger partial charge in [-0.1, -0.05) is 6.07 Å². The van der Waals surface area contributed by atoms with Crippen LogP contribution in [0.3, 0.4) is 0 Å². The molecule has 5 rings (SSSR count). The zero-order valence-corrected chi connectivity index (χ0v) is 11.6. The standard InChI is InChI=1S/C15H19ClS/c16-15(13-2-1-3-17-13)14-11-5-9-4-10(7-11)8-12(14)6-9/h1-3,9-12,14-15H,4-8H2. The lowest BCUT2D eigenvalue weighted by atomic mass is 9.51. The molecule has 0 aromatic carbocycles. The van der Waals surface area contributed by atoms with Crippen LogP contribution < -0.4 is 0 Å². The molecule has 0 nitrogen and oxygen atoms in total. The zero-order valence-electron chi connectivity index (χ0n) is 10.0. The second-order valence-corrected chi connectivity index (χ2v) is 7.87. The highest BCUT2D eigenvalue weighted by molar-refractivity contribution is 7.10. The molecule has 0 aliphatic heterocycles. The summed E-state index contributed by atoms with van der Waals surface area (Å²) >= 11 is 8.65. The highest BCUT2D eigenvalue weighted by Gasteiger charge is 2.50. The van der Waals surface area contributed by atoms with E-state index < -0.39 is 0 Å². The fourth-order valence-corrected chi connectivity index (χ4v) is 6.48. The van der Waals surface area contributed by atoms with Crippen LogP contribution in [0.25, 0.3) is 0 Å². The van der Waals surface area contributed by atoms with Gasteiger partial charge < -0.3 is 0 Å². The van der Waals surface area contributed by atoms with Gasteiger partial charge >= 0.3 is 0 Å². The molecular weight excluding hydrogens is 248 g/mol. The van der Waals surface area contributed by atoms with Gasteiger partial charge in [-0.25, -0.2) is 0 Å². The summed E-state index contributed by atoms with van der Waals surface area (Å²) in [7, 11) is 0. The smallest absolute Gasteiger partial charge is 0.0711 e. The lowest BCUT2D eigenvalue weighted by Crippen LogP contribution is -2.46. The molecule has 0 amide bonds. The molecule has 1 heterocycles. The van der Waals surface area contributed by atoms with Crippen molar-refractivity contribution in [1.29, 1.82) is 0 Å². The van der Waals surface area contributed by atoms with Crippen molar-refractivity contribution in [3.05, 3.63) is 22.4 Å². The van der Waals surface area contributed by atoms with E-state index >= 15 is 0 Å². The first kappa shape index (κ1) is 10.9. The van der Waals surface area contributed by atoms with Crippen molar-refractivity contribution >= 4 is 22.9 Å². The minimum absolute atomic E-state index is 0.296. The maximum atomic E-state index is 6.80. The van der Waals surface area contributed by atoms with E-state index in [0.29, 0.717) is 5.38 Å². The molecule has 1 aromatic heterocycles. The van der Waals surface area contributed by atoms with Crippen molar-refractivity contribution in [1.82, 2.24) is 0 Å². The van der Waals surface area contributed by atoms with Crippen LogP contribution in [0.5, 0.6) is 0 Å². The van der Waals surface area contributed by atoms with Crippen molar-refractivity contribution in [3.63, 3.8) is 0 Å². The Hall–Kier alpha value is -0.0100. The first-order chi connectivity index (χ1) is 8.31. The predicted octanol–water partition coefficient (Wildman–Crippen LogP) is 5.10. The molecule has 1 unspecified atom stereocenters. The average molecular weight is 267 g/mol. The SMILES string of the molecule is ClC(c1cccs1)C1C2CC3CC(C2)CC1C3. The molecule has 1 aromatic rings. The van der Waals surface area contributed by atoms with E-state index in [9.17, 15) is 0 Å².